The molecule has 2 atom stereocenters. The molecular formula is C16H22N4O2. The van der Waals surface area contributed by atoms with Gasteiger partial charge in [0.1, 0.15) is 0 Å². The molecule has 0 radical (unpaired) electrons. The van der Waals surface area contributed by atoms with Crippen molar-refractivity contribution in [3.05, 3.63) is 24.0 Å². The van der Waals surface area contributed by atoms with E-state index in [-0.39, 0.29) is 24.1 Å². The van der Waals surface area contributed by atoms with Gasteiger partial charge in [0.15, 0.2) is 5.65 Å². The van der Waals surface area contributed by atoms with Crippen molar-refractivity contribution in [2.24, 2.45) is 0 Å². The molecule has 22 heavy (non-hydrogen) atoms. The smallest absolute Gasteiger partial charge is 0.255 e. The van der Waals surface area contributed by atoms with Gasteiger partial charge in [-0.15, -0.1) is 0 Å². The first kappa shape index (κ1) is 15.0. The van der Waals surface area contributed by atoms with Crippen LogP contribution in [0.5, 0.6) is 0 Å². The van der Waals surface area contributed by atoms with Gasteiger partial charge in [-0.3, -0.25) is 4.79 Å². The number of rotatable bonds is 2. The second-order valence-corrected chi connectivity index (χ2v) is 6.27. The summed E-state index contributed by atoms with van der Waals surface area (Å²) < 4.78 is 7.45. The normalized spacial score (nSPS) is 22.5. The molecule has 2 aromatic heterocycles. The summed E-state index contributed by atoms with van der Waals surface area (Å²) in [6.07, 6.45) is 3.49. The second kappa shape index (κ2) is 5.68. The monoisotopic (exact) mass is 302 g/mol. The molecule has 3 rings (SSSR count). The molecule has 0 saturated carbocycles. The van der Waals surface area contributed by atoms with Crippen LogP contribution in [0.3, 0.4) is 0 Å². The Balaban J connectivity index is 1.91. The van der Waals surface area contributed by atoms with E-state index < -0.39 is 0 Å². The number of pyridine rings is 1. The molecule has 0 aliphatic carbocycles. The second-order valence-electron chi connectivity index (χ2n) is 6.27. The van der Waals surface area contributed by atoms with E-state index in [1.165, 1.54) is 0 Å². The number of carbonyl (C=O) groups excluding carboxylic acids is 1. The lowest BCUT2D eigenvalue weighted by Gasteiger charge is -2.36. The van der Waals surface area contributed by atoms with E-state index in [9.17, 15) is 4.79 Å². The van der Waals surface area contributed by atoms with Gasteiger partial charge in [-0.05, 0) is 33.8 Å². The topological polar surface area (TPSA) is 60.2 Å². The first-order chi connectivity index (χ1) is 10.5. The van der Waals surface area contributed by atoms with Crippen LogP contribution in [0.2, 0.25) is 0 Å². The van der Waals surface area contributed by atoms with E-state index in [4.69, 9.17) is 4.74 Å². The summed E-state index contributed by atoms with van der Waals surface area (Å²) in [5.41, 5.74) is 1.42. The van der Waals surface area contributed by atoms with Crippen LogP contribution in [0.1, 0.15) is 44.1 Å². The highest BCUT2D eigenvalue weighted by Crippen LogP contribution is 2.20. The van der Waals surface area contributed by atoms with Gasteiger partial charge in [-0.1, -0.05) is 0 Å². The fraction of sp³-hybridized carbons (Fsp3) is 0.562. The Morgan fingerprint density at radius 3 is 2.86 bits per heavy atom. The third-order valence-electron chi connectivity index (χ3n) is 4.04. The summed E-state index contributed by atoms with van der Waals surface area (Å²) in [7, 11) is 0. The van der Waals surface area contributed by atoms with Crippen LogP contribution in [0.15, 0.2) is 18.5 Å². The van der Waals surface area contributed by atoms with Crippen molar-refractivity contribution >= 4 is 16.9 Å². The van der Waals surface area contributed by atoms with Crippen LogP contribution in [0, 0.1) is 0 Å². The third kappa shape index (κ3) is 2.59. The minimum Gasteiger partial charge on any atom is -0.375 e. The lowest BCUT2D eigenvalue weighted by molar-refractivity contribution is -0.0387. The van der Waals surface area contributed by atoms with E-state index in [0.717, 1.165) is 11.0 Å². The number of carbonyl (C=O) groups is 1. The minimum absolute atomic E-state index is 0.00865. The average molecular weight is 302 g/mol. The summed E-state index contributed by atoms with van der Waals surface area (Å²) in [6, 6.07) is 2.20. The van der Waals surface area contributed by atoms with Crippen molar-refractivity contribution in [3.63, 3.8) is 0 Å². The Morgan fingerprint density at radius 2 is 2.14 bits per heavy atom. The maximum absolute atomic E-state index is 12.7. The van der Waals surface area contributed by atoms with Crippen molar-refractivity contribution in [1.29, 1.82) is 0 Å². The Bertz CT molecular complexity index is 695. The van der Waals surface area contributed by atoms with Gasteiger partial charge < -0.3 is 9.64 Å². The van der Waals surface area contributed by atoms with Crippen LogP contribution in [-0.4, -0.2) is 50.9 Å². The Hall–Kier alpha value is -1.95. The predicted octanol–water partition coefficient (Wildman–Crippen LogP) is 2.26. The Kier molecular flexibility index (Phi) is 3.87. The summed E-state index contributed by atoms with van der Waals surface area (Å²) in [4.78, 5) is 19.1. The molecule has 118 valence electrons. The maximum atomic E-state index is 12.7. The first-order valence-corrected chi connectivity index (χ1v) is 7.73. The number of ether oxygens (including phenoxy) is 1. The van der Waals surface area contributed by atoms with E-state index >= 15 is 0 Å². The lowest BCUT2D eigenvalue weighted by atomic mass is 10.1. The van der Waals surface area contributed by atoms with Crippen LogP contribution < -0.4 is 0 Å². The fourth-order valence-corrected chi connectivity index (χ4v) is 2.79. The minimum atomic E-state index is 0.00865. The summed E-state index contributed by atoms with van der Waals surface area (Å²) in [6.45, 7) is 9.30. The van der Waals surface area contributed by atoms with Gasteiger partial charge in [0.2, 0.25) is 0 Å². The largest absolute Gasteiger partial charge is 0.375 e. The molecule has 6 nitrogen and oxygen atoms in total. The zero-order valence-electron chi connectivity index (χ0n) is 13.5. The molecule has 1 aliphatic heterocycles. The van der Waals surface area contributed by atoms with Crippen LogP contribution in [-0.2, 0) is 4.74 Å². The molecule has 0 spiro atoms. The van der Waals surface area contributed by atoms with Gasteiger partial charge in [-0.25, -0.2) is 9.67 Å². The standard InChI is InChI=1S/C16H22N4O2/c1-10(2)20-15-13(7-18-20)5-14(6-17-15)16(21)19-8-12(4)22-9-11(19)3/h5-7,10-12H,8-9H2,1-4H3/t11-,12-/m1/s1. The first-order valence-electron chi connectivity index (χ1n) is 7.73. The van der Waals surface area contributed by atoms with Crippen LogP contribution in [0.4, 0.5) is 0 Å². The molecule has 6 heteroatoms. The van der Waals surface area contributed by atoms with Crippen molar-refractivity contribution in [2.75, 3.05) is 13.2 Å². The van der Waals surface area contributed by atoms with Gasteiger partial charge in [-0.2, -0.15) is 5.10 Å². The molecule has 3 heterocycles. The van der Waals surface area contributed by atoms with Gasteiger partial charge in [0, 0.05) is 24.2 Å². The van der Waals surface area contributed by atoms with E-state index in [1.54, 1.807) is 12.4 Å². The molecule has 0 bridgehead atoms. The number of hydrogen-bond acceptors (Lipinski definition) is 4. The van der Waals surface area contributed by atoms with E-state index in [1.807, 2.05) is 29.5 Å². The van der Waals surface area contributed by atoms with Crippen molar-refractivity contribution < 1.29 is 9.53 Å². The molecule has 1 amide bonds. The van der Waals surface area contributed by atoms with Crippen molar-refractivity contribution in [2.45, 2.75) is 45.9 Å². The van der Waals surface area contributed by atoms with E-state index in [2.05, 4.69) is 23.9 Å². The molecule has 0 unspecified atom stereocenters. The molecule has 1 aliphatic rings. The summed E-state index contributed by atoms with van der Waals surface area (Å²) in [5.74, 6) is 0.00865. The zero-order chi connectivity index (χ0) is 15.9. The summed E-state index contributed by atoms with van der Waals surface area (Å²) >= 11 is 0. The van der Waals surface area contributed by atoms with E-state index in [0.29, 0.717) is 18.7 Å². The van der Waals surface area contributed by atoms with Crippen LogP contribution in [0.25, 0.3) is 11.0 Å². The third-order valence-corrected chi connectivity index (χ3v) is 4.04. The number of aromatic nitrogens is 3. The highest BCUT2D eigenvalue weighted by Gasteiger charge is 2.28. The van der Waals surface area contributed by atoms with Gasteiger partial charge >= 0.3 is 0 Å². The van der Waals surface area contributed by atoms with Gasteiger partial charge in [0.05, 0.1) is 30.5 Å². The Labute approximate surface area is 130 Å². The predicted molar refractivity (Wildman–Crippen MR) is 83.8 cm³/mol. The molecule has 0 N–H and O–H groups in total. The van der Waals surface area contributed by atoms with Crippen molar-refractivity contribution in [3.8, 4) is 0 Å². The molecule has 0 aromatic carbocycles. The molecular weight excluding hydrogens is 280 g/mol. The highest BCUT2D eigenvalue weighted by atomic mass is 16.5. The number of fused-ring (bicyclic) bond motifs is 1. The zero-order valence-corrected chi connectivity index (χ0v) is 13.5. The lowest BCUT2D eigenvalue weighted by Crippen LogP contribution is -2.50. The average Bonchev–Trinajstić information content (AvgIpc) is 2.92. The number of hydrogen-bond donors (Lipinski definition) is 0. The summed E-state index contributed by atoms with van der Waals surface area (Å²) in [5, 5.41) is 5.24. The van der Waals surface area contributed by atoms with Crippen LogP contribution >= 0.6 is 0 Å². The highest BCUT2D eigenvalue weighted by molar-refractivity contribution is 5.97. The molecule has 1 fully saturated rings. The SMILES string of the molecule is CC(C)n1ncc2cc(C(=O)N3C[C@@H](C)OC[C@H]3C)cnc21. The quantitative estimate of drug-likeness (QED) is 0.854. The Morgan fingerprint density at radius 1 is 1.36 bits per heavy atom. The number of morpholine rings is 1. The molecule has 1 saturated heterocycles. The number of nitrogens with zero attached hydrogens (tertiary/aromatic N) is 4. The number of amides is 1. The van der Waals surface area contributed by atoms with Gasteiger partial charge in [0.25, 0.3) is 5.91 Å². The fourth-order valence-electron chi connectivity index (χ4n) is 2.79. The maximum Gasteiger partial charge on any atom is 0.255 e. The van der Waals surface area contributed by atoms with Crippen molar-refractivity contribution in [1.82, 2.24) is 19.7 Å². The molecule has 2 aromatic rings.